The highest BCUT2D eigenvalue weighted by Gasteiger charge is 2.23. The Morgan fingerprint density at radius 1 is 1.47 bits per heavy atom. The van der Waals surface area contributed by atoms with Gasteiger partial charge >= 0.3 is 0 Å². The third-order valence-corrected chi connectivity index (χ3v) is 3.45. The summed E-state index contributed by atoms with van der Waals surface area (Å²) in [6.45, 7) is 1.48. The number of nitrogens with two attached hydrogens (primary N) is 1. The number of carbonyl (C=O) groups excluding carboxylic acids is 1. The van der Waals surface area contributed by atoms with Crippen LogP contribution in [0.3, 0.4) is 0 Å². The standard InChI is InChI=1S/C13H13ClN4O/c14-8-2-1-3-9(6-8)18-11-4-5-16-7-10(11)12(17-18)13(15)19/h1-3,6,16H,4-5,7H2,(H2,15,19). The smallest absolute Gasteiger partial charge is 0.269 e. The highest BCUT2D eigenvalue weighted by atomic mass is 35.5. The van der Waals surface area contributed by atoms with Gasteiger partial charge in [0, 0.05) is 30.1 Å². The summed E-state index contributed by atoms with van der Waals surface area (Å²) in [5.41, 5.74) is 8.48. The van der Waals surface area contributed by atoms with E-state index in [1.807, 2.05) is 18.2 Å². The average Bonchev–Trinajstić information content (AvgIpc) is 2.78. The van der Waals surface area contributed by atoms with Crippen LogP contribution in [0, 0.1) is 0 Å². The Morgan fingerprint density at radius 3 is 3.05 bits per heavy atom. The molecule has 0 saturated heterocycles. The molecule has 0 fully saturated rings. The number of benzene rings is 1. The number of fused-ring (bicyclic) bond motifs is 1. The van der Waals surface area contributed by atoms with E-state index in [4.69, 9.17) is 17.3 Å². The van der Waals surface area contributed by atoms with Gasteiger partial charge in [-0.1, -0.05) is 17.7 Å². The summed E-state index contributed by atoms with van der Waals surface area (Å²) in [4.78, 5) is 11.5. The maximum Gasteiger partial charge on any atom is 0.269 e. The van der Waals surface area contributed by atoms with E-state index in [1.54, 1.807) is 10.7 Å². The molecule has 5 nitrogen and oxygen atoms in total. The maximum absolute atomic E-state index is 11.5. The summed E-state index contributed by atoms with van der Waals surface area (Å²) in [6.07, 6.45) is 0.808. The number of nitrogens with zero attached hydrogens (tertiary/aromatic N) is 2. The highest BCUT2D eigenvalue weighted by molar-refractivity contribution is 6.30. The van der Waals surface area contributed by atoms with Crippen molar-refractivity contribution in [2.75, 3.05) is 6.54 Å². The molecule has 3 N–H and O–H groups in total. The number of aromatic nitrogens is 2. The van der Waals surface area contributed by atoms with Crippen LogP contribution in [0.5, 0.6) is 0 Å². The zero-order valence-corrected chi connectivity index (χ0v) is 10.9. The lowest BCUT2D eigenvalue weighted by Crippen LogP contribution is -2.26. The Labute approximate surface area is 115 Å². The number of primary amides is 1. The van der Waals surface area contributed by atoms with Crippen molar-refractivity contribution in [1.29, 1.82) is 0 Å². The number of rotatable bonds is 2. The number of nitrogens with one attached hydrogen (secondary N) is 1. The summed E-state index contributed by atoms with van der Waals surface area (Å²) >= 11 is 6.00. The topological polar surface area (TPSA) is 72.9 Å². The fraction of sp³-hybridized carbons (Fsp3) is 0.231. The van der Waals surface area contributed by atoms with Crippen LogP contribution < -0.4 is 11.1 Å². The van der Waals surface area contributed by atoms with Crippen molar-refractivity contribution in [3.8, 4) is 5.69 Å². The number of carbonyl (C=O) groups is 1. The summed E-state index contributed by atoms with van der Waals surface area (Å²) < 4.78 is 1.77. The molecular formula is C13H13ClN4O. The molecule has 1 aromatic carbocycles. The molecule has 1 aliphatic rings. The minimum Gasteiger partial charge on any atom is -0.364 e. The number of halogens is 1. The second kappa shape index (κ2) is 4.68. The third-order valence-electron chi connectivity index (χ3n) is 3.22. The van der Waals surface area contributed by atoms with Crippen LogP contribution in [0.2, 0.25) is 5.02 Å². The van der Waals surface area contributed by atoms with Crippen LogP contribution in [0.25, 0.3) is 5.69 Å². The first-order chi connectivity index (χ1) is 9.16. The van der Waals surface area contributed by atoms with Crippen LogP contribution in [-0.2, 0) is 13.0 Å². The van der Waals surface area contributed by atoms with Crippen LogP contribution in [0.1, 0.15) is 21.7 Å². The van der Waals surface area contributed by atoms with E-state index in [1.165, 1.54) is 0 Å². The van der Waals surface area contributed by atoms with Gasteiger partial charge in [-0.2, -0.15) is 5.10 Å². The highest BCUT2D eigenvalue weighted by Crippen LogP contribution is 2.23. The maximum atomic E-state index is 11.5. The number of hydrogen-bond acceptors (Lipinski definition) is 3. The van der Waals surface area contributed by atoms with Gasteiger partial charge in [0.2, 0.25) is 0 Å². The monoisotopic (exact) mass is 276 g/mol. The Bertz CT molecular complexity index is 650. The van der Waals surface area contributed by atoms with Crippen molar-refractivity contribution in [2.24, 2.45) is 5.73 Å². The third kappa shape index (κ3) is 2.11. The van der Waals surface area contributed by atoms with Crippen LogP contribution in [0.15, 0.2) is 24.3 Å². The molecule has 2 aromatic rings. The van der Waals surface area contributed by atoms with Gasteiger partial charge in [0.25, 0.3) is 5.91 Å². The molecule has 0 saturated carbocycles. The second-order valence-corrected chi connectivity index (χ2v) is 4.89. The Balaban J connectivity index is 2.19. The van der Waals surface area contributed by atoms with E-state index in [9.17, 15) is 4.79 Å². The SMILES string of the molecule is NC(=O)c1nn(-c2cccc(Cl)c2)c2c1CNCC2. The van der Waals surface area contributed by atoms with Crippen molar-refractivity contribution < 1.29 is 4.79 Å². The van der Waals surface area contributed by atoms with Gasteiger partial charge in [-0.15, -0.1) is 0 Å². The summed E-state index contributed by atoms with van der Waals surface area (Å²) in [5, 5.41) is 8.21. The largest absolute Gasteiger partial charge is 0.364 e. The molecule has 1 amide bonds. The minimum absolute atomic E-state index is 0.335. The van der Waals surface area contributed by atoms with Crippen molar-refractivity contribution in [3.05, 3.63) is 46.2 Å². The Hall–Kier alpha value is -1.85. The summed E-state index contributed by atoms with van der Waals surface area (Å²) in [6, 6.07) is 7.39. The average molecular weight is 277 g/mol. The fourth-order valence-corrected chi connectivity index (χ4v) is 2.55. The normalized spacial score (nSPS) is 14.2. The first-order valence-corrected chi connectivity index (χ1v) is 6.42. The molecule has 3 rings (SSSR count). The van der Waals surface area contributed by atoms with E-state index in [-0.39, 0.29) is 0 Å². The van der Waals surface area contributed by atoms with Gasteiger partial charge in [0.1, 0.15) is 0 Å². The van der Waals surface area contributed by atoms with Gasteiger partial charge in [0.15, 0.2) is 5.69 Å². The van der Waals surface area contributed by atoms with Crippen LogP contribution in [0.4, 0.5) is 0 Å². The fourth-order valence-electron chi connectivity index (χ4n) is 2.37. The predicted molar refractivity (Wildman–Crippen MR) is 72.5 cm³/mol. The van der Waals surface area contributed by atoms with Gasteiger partial charge < -0.3 is 11.1 Å². The predicted octanol–water partition coefficient (Wildman–Crippen LogP) is 1.27. The molecule has 2 heterocycles. The Kier molecular flexibility index (Phi) is 3.00. The first-order valence-electron chi connectivity index (χ1n) is 6.04. The first kappa shape index (κ1) is 12.2. The summed E-state index contributed by atoms with van der Waals surface area (Å²) in [7, 11) is 0. The molecule has 19 heavy (non-hydrogen) atoms. The molecule has 98 valence electrons. The van der Waals surface area contributed by atoms with Gasteiger partial charge in [0.05, 0.1) is 11.4 Å². The second-order valence-electron chi connectivity index (χ2n) is 4.46. The molecule has 0 spiro atoms. The molecule has 1 aliphatic heterocycles. The Morgan fingerprint density at radius 2 is 2.32 bits per heavy atom. The van der Waals surface area contributed by atoms with E-state index in [2.05, 4.69) is 10.4 Å². The van der Waals surface area contributed by atoms with Gasteiger partial charge in [-0.05, 0) is 18.2 Å². The van der Waals surface area contributed by atoms with Crippen molar-refractivity contribution >= 4 is 17.5 Å². The van der Waals surface area contributed by atoms with Crippen LogP contribution >= 0.6 is 11.6 Å². The number of amides is 1. The van der Waals surface area contributed by atoms with Crippen molar-refractivity contribution in [3.63, 3.8) is 0 Å². The number of hydrogen-bond donors (Lipinski definition) is 2. The lowest BCUT2D eigenvalue weighted by Gasteiger charge is -2.15. The molecule has 0 aliphatic carbocycles. The van der Waals surface area contributed by atoms with E-state index >= 15 is 0 Å². The lowest BCUT2D eigenvalue weighted by molar-refractivity contribution is 0.0994. The lowest BCUT2D eigenvalue weighted by atomic mass is 10.1. The molecular weight excluding hydrogens is 264 g/mol. The molecule has 6 heteroatoms. The molecule has 0 atom stereocenters. The van der Waals surface area contributed by atoms with Gasteiger partial charge in [-0.25, -0.2) is 4.68 Å². The molecule has 1 aromatic heterocycles. The minimum atomic E-state index is -0.499. The van der Waals surface area contributed by atoms with Crippen molar-refractivity contribution in [2.45, 2.75) is 13.0 Å². The van der Waals surface area contributed by atoms with Crippen molar-refractivity contribution in [1.82, 2.24) is 15.1 Å². The van der Waals surface area contributed by atoms with Crippen LogP contribution in [-0.4, -0.2) is 22.2 Å². The van der Waals surface area contributed by atoms with E-state index in [0.29, 0.717) is 17.3 Å². The van der Waals surface area contributed by atoms with E-state index < -0.39 is 5.91 Å². The quantitative estimate of drug-likeness (QED) is 0.868. The molecule has 0 unspecified atom stereocenters. The molecule has 0 radical (unpaired) electrons. The van der Waals surface area contributed by atoms with Gasteiger partial charge in [-0.3, -0.25) is 4.79 Å². The summed E-state index contributed by atoms with van der Waals surface area (Å²) in [5.74, 6) is -0.499. The zero-order chi connectivity index (χ0) is 13.4. The molecule has 0 bridgehead atoms. The van der Waals surface area contributed by atoms with E-state index in [0.717, 1.165) is 29.9 Å². The zero-order valence-electron chi connectivity index (χ0n) is 10.2.